The Kier molecular flexibility index (Phi) is 5.33. The molecule has 2 amide bonds. The first kappa shape index (κ1) is 20.0. The maximum absolute atomic E-state index is 12.4. The van der Waals surface area contributed by atoms with Gasteiger partial charge in [0.25, 0.3) is 5.91 Å². The number of hydrogen-bond acceptors (Lipinski definition) is 6. The van der Waals surface area contributed by atoms with Gasteiger partial charge in [-0.15, -0.1) is 22.7 Å². The Balaban J connectivity index is 1.20. The van der Waals surface area contributed by atoms with Crippen LogP contribution in [0, 0.1) is 12.8 Å². The van der Waals surface area contributed by atoms with Crippen molar-refractivity contribution in [3.05, 3.63) is 52.3 Å². The van der Waals surface area contributed by atoms with Crippen molar-refractivity contribution in [2.45, 2.75) is 26.3 Å². The number of fused-ring (bicyclic) bond motifs is 3. The molecular weight excluding hydrogens is 430 g/mol. The van der Waals surface area contributed by atoms with E-state index in [1.165, 1.54) is 0 Å². The second kappa shape index (κ2) is 8.28. The first-order valence-corrected chi connectivity index (χ1v) is 11.8. The number of hydrogen-bond donors (Lipinski definition) is 2. The van der Waals surface area contributed by atoms with Crippen LogP contribution in [0.25, 0.3) is 20.3 Å². The summed E-state index contributed by atoms with van der Waals surface area (Å²) >= 11 is 3.25. The minimum absolute atomic E-state index is 0.0631. The zero-order chi connectivity index (χ0) is 21.4. The highest BCUT2D eigenvalue weighted by molar-refractivity contribution is 7.21. The van der Waals surface area contributed by atoms with Crippen molar-refractivity contribution in [3.8, 4) is 5.75 Å². The molecule has 0 spiro atoms. The highest BCUT2D eigenvalue weighted by Gasteiger charge is 2.29. The molecule has 0 radical (unpaired) electrons. The SMILES string of the molecule is Cc1nc2c(cc(OCC(=O)NCc3cccc(NC(=O)C4CC4)c3)c3ccsc32)s1. The summed E-state index contributed by atoms with van der Waals surface area (Å²) in [5.74, 6) is 0.731. The number of nitrogens with one attached hydrogen (secondary N) is 2. The first-order valence-electron chi connectivity index (χ1n) is 10.1. The molecule has 5 rings (SSSR count). The third-order valence-corrected chi connectivity index (χ3v) is 7.00. The summed E-state index contributed by atoms with van der Waals surface area (Å²) in [4.78, 5) is 28.9. The lowest BCUT2D eigenvalue weighted by atomic mass is 10.2. The zero-order valence-electron chi connectivity index (χ0n) is 16.9. The molecular formula is C23H21N3O3S2. The van der Waals surface area contributed by atoms with E-state index in [2.05, 4.69) is 15.6 Å². The van der Waals surface area contributed by atoms with E-state index in [9.17, 15) is 9.59 Å². The van der Waals surface area contributed by atoms with Crippen molar-refractivity contribution in [2.24, 2.45) is 5.92 Å². The Bertz CT molecular complexity index is 1290. The third-order valence-electron chi connectivity index (χ3n) is 5.16. The van der Waals surface area contributed by atoms with Gasteiger partial charge in [-0.1, -0.05) is 12.1 Å². The Morgan fingerprint density at radius 1 is 1.23 bits per heavy atom. The average Bonchev–Trinajstić information content (AvgIpc) is 3.37. The molecule has 1 aliphatic rings. The molecule has 0 bridgehead atoms. The maximum Gasteiger partial charge on any atom is 0.258 e. The van der Waals surface area contributed by atoms with Gasteiger partial charge in [0.05, 0.1) is 19.9 Å². The van der Waals surface area contributed by atoms with E-state index in [1.807, 2.05) is 48.7 Å². The molecule has 8 heteroatoms. The number of amides is 2. The maximum atomic E-state index is 12.4. The number of nitrogens with zero attached hydrogens (tertiary/aromatic N) is 1. The molecule has 2 N–H and O–H groups in total. The summed E-state index contributed by atoms with van der Waals surface area (Å²) in [6.07, 6.45) is 1.93. The first-order chi connectivity index (χ1) is 15.1. The molecule has 0 saturated heterocycles. The number of benzene rings is 2. The van der Waals surface area contributed by atoms with Crippen molar-refractivity contribution >= 4 is 60.5 Å². The summed E-state index contributed by atoms with van der Waals surface area (Å²) in [6.45, 7) is 2.30. The smallest absolute Gasteiger partial charge is 0.258 e. The van der Waals surface area contributed by atoms with Crippen LogP contribution < -0.4 is 15.4 Å². The zero-order valence-corrected chi connectivity index (χ0v) is 18.6. The number of carbonyl (C=O) groups excluding carboxylic acids is 2. The fourth-order valence-electron chi connectivity index (χ4n) is 3.45. The van der Waals surface area contributed by atoms with Crippen molar-refractivity contribution in [3.63, 3.8) is 0 Å². The minimum atomic E-state index is -0.198. The van der Waals surface area contributed by atoms with Gasteiger partial charge < -0.3 is 15.4 Å². The number of aryl methyl sites for hydroxylation is 1. The lowest BCUT2D eigenvalue weighted by Crippen LogP contribution is -2.28. The fraction of sp³-hybridized carbons (Fsp3) is 0.261. The number of aromatic nitrogens is 1. The minimum Gasteiger partial charge on any atom is -0.483 e. The Morgan fingerprint density at radius 2 is 2.10 bits per heavy atom. The van der Waals surface area contributed by atoms with Gasteiger partial charge in [0.2, 0.25) is 5.91 Å². The summed E-state index contributed by atoms with van der Waals surface area (Å²) in [7, 11) is 0. The van der Waals surface area contributed by atoms with Crippen LogP contribution in [-0.4, -0.2) is 23.4 Å². The molecule has 1 saturated carbocycles. The molecule has 1 fully saturated rings. The average molecular weight is 452 g/mol. The van der Waals surface area contributed by atoms with Crippen molar-refractivity contribution < 1.29 is 14.3 Å². The van der Waals surface area contributed by atoms with Crippen LogP contribution in [0.1, 0.15) is 23.4 Å². The van der Waals surface area contributed by atoms with Gasteiger partial charge in [0.1, 0.15) is 5.75 Å². The summed E-state index contributed by atoms with van der Waals surface area (Å²) < 4.78 is 8.02. The van der Waals surface area contributed by atoms with Crippen molar-refractivity contribution in [1.29, 1.82) is 0 Å². The van der Waals surface area contributed by atoms with Gasteiger partial charge >= 0.3 is 0 Å². The molecule has 0 unspecified atom stereocenters. The van der Waals surface area contributed by atoms with Gasteiger partial charge in [-0.25, -0.2) is 4.98 Å². The van der Waals surface area contributed by atoms with Crippen LogP contribution >= 0.6 is 22.7 Å². The van der Waals surface area contributed by atoms with Crippen LogP contribution in [0.3, 0.4) is 0 Å². The molecule has 0 aliphatic heterocycles. The predicted octanol–water partition coefficient (Wildman–Crippen LogP) is 4.86. The molecule has 0 atom stereocenters. The van der Waals surface area contributed by atoms with Crippen LogP contribution in [0.5, 0.6) is 5.75 Å². The quantitative estimate of drug-likeness (QED) is 0.420. The van der Waals surface area contributed by atoms with Gasteiger partial charge in [-0.3, -0.25) is 9.59 Å². The molecule has 2 heterocycles. The highest BCUT2D eigenvalue weighted by atomic mass is 32.1. The summed E-state index contributed by atoms with van der Waals surface area (Å²) in [5.41, 5.74) is 2.68. The van der Waals surface area contributed by atoms with Gasteiger partial charge in [-0.05, 0) is 48.9 Å². The molecule has 6 nitrogen and oxygen atoms in total. The molecule has 4 aromatic rings. The second-order valence-corrected chi connectivity index (χ2v) is 9.80. The molecule has 1 aliphatic carbocycles. The van der Waals surface area contributed by atoms with Crippen LogP contribution in [-0.2, 0) is 16.1 Å². The standard InChI is InChI=1S/C23H21N3O3S2/c1-13-25-21-19(31-13)10-18(17-7-8-30-22(17)21)29-12-20(27)24-11-14-3-2-4-16(9-14)26-23(28)15-5-6-15/h2-4,7-10,15H,5-6,11-12H2,1H3,(H,24,27)(H,26,28). The second-order valence-electron chi connectivity index (χ2n) is 7.65. The Labute approximate surface area is 187 Å². The van der Waals surface area contributed by atoms with Gasteiger partial charge in [-0.2, -0.15) is 0 Å². The van der Waals surface area contributed by atoms with E-state index in [0.717, 1.165) is 49.4 Å². The van der Waals surface area contributed by atoms with Gasteiger partial charge in [0.15, 0.2) is 6.61 Å². The van der Waals surface area contributed by atoms with Crippen molar-refractivity contribution in [1.82, 2.24) is 10.3 Å². The normalized spacial score (nSPS) is 13.5. The number of rotatable bonds is 7. The fourth-order valence-corrected chi connectivity index (χ4v) is 5.28. The monoisotopic (exact) mass is 451 g/mol. The highest BCUT2D eigenvalue weighted by Crippen LogP contribution is 2.38. The van der Waals surface area contributed by atoms with Gasteiger partial charge in [0, 0.05) is 29.6 Å². The van der Waals surface area contributed by atoms with Crippen LogP contribution in [0.15, 0.2) is 41.8 Å². The molecule has 2 aromatic carbocycles. The van der Waals surface area contributed by atoms with E-state index < -0.39 is 0 Å². The summed E-state index contributed by atoms with van der Waals surface area (Å²) in [5, 5.41) is 9.82. The predicted molar refractivity (Wildman–Crippen MR) is 125 cm³/mol. The Morgan fingerprint density at radius 3 is 2.94 bits per heavy atom. The summed E-state index contributed by atoms with van der Waals surface area (Å²) in [6, 6.07) is 11.5. The van der Waals surface area contributed by atoms with Crippen LogP contribution in [0.4, 0.5) is 5.69 Å². The topological polar surface area (TPSA) is 80.3 Å². The molecule has 2 aromatic heterocycles. The number of carbonyl (C=O) groups is 2. The number of anilines is 1. The largest absolute Gasteiger partial charge is 0.483 e. The lowest BCUT2D eigenvalue weighted by Gasteiger charge is -2.10. The van der Waals surface area contributed by atoms with Crippen molar-refractivity contribution in [2.75, 3.05) is 11.9 Å². The van der Waals surface area contributed by atoms with Crippen LogP contribution in [0.2, 0.25) is 0 Å². The number of thiophene rings is 1. The van der Waals surface area contributed by atoms with E-state index in [0.29, 0.717) is 12.3 Å². The third kappa shape index (κ3) is 4.40. The van der Waals surface area contributed by atoms with E-state index in [1.54, 1.807) is 22.7 Å². The van der Waals surface area contributed by atoms with E-state index in [4.69, 9.17) is 4.74 Å². The lowest BCUT2D eigenvalue weighted by molar-refractivity contribution is -0.123. The Hall–Kier alpha value is -2.97. The van der Waals surface area contributed by atoms with E-state index >= 15 is 0 Å². The molecule has 31 heavy (non-hydrogen) atoms. The number of thiazole rings is 1. The van der Waals surface area contributed by atoms with E-state index in [-0.39, 0.29) is 24.3 Å². The molecule has 158 valence electrons. The number of ether oxygens (including phenoxy) is 1.